The lowest BCUT2D eigenvalue weighted by atomic mass is 9.82. The van der Waals surface area contributed by atoms with E-state index in [1.807, 2.05) is 0 Å². The maximum Gasteiger partial charge on any atom is 0.204 e. The smallest absolute Gasteiger partial charge is 0.204 e. The molecule has 1 saturated carbocycles. The van der Waals surface area contributed by atoms with Gasteiger partial charge < -0.3 is 14.2 Å². The van der Waals surface area contributed by atoms with Gasteiger partial charge in [-0.05, 0) is 79.7 Å². The van der Waals surface area contributed by atoms with Crippen molar-refractivity contribution in [3.05, 3.63) is 95.6 Å². The van der Waals surface area contributed by atoms with Gasteiger partial charge in [-0.25, -0.2) is 8.78 Å². The number of ether oxygens (including phenoxy) is 3. The van der Waals surface area contributed by atoms with E-state index in [9.17, 15) is 8.78 Å². The van der Waals surface area contributed by atoms with Crippen LogP contribution in [0.5, 0.6) is 11.5 Å². The Morgan fingerprint density at radius 2 is 1.44 bits per heavy atom. The Labute approximate surface area is 240 Å². The molecule has 0 saturated heterocycles. The van der Waals surface area contributed by atoms with E-state index in [1.54, 1.807) is 42.5 Å². The molecule has 0 heterocycles. The van der Waals surface area contributed by atoms with Crippen LogP contribution in [0.4, 0.5) is 17.6 Å². The van der Waals surface area contributed by atoms with E-state index in [4.69, 9.17) is 14.2 Å². The summed E-state index contributed by atoms with van der Waals surface area (Å²) < 4.78 is 75.8. The SMILES string of the molecule is C=CCCCOc1ccc(OCc2ccc(-c3ccc(C4CCC(OCCCC)CC4)c(F)c3F)cc2)c(F)c1F. The molecule has 0 atom stereocenters. The summed E-state index contributed by atoms with van der Waals surface area (Å²) in [6.45, 7) is 6.71. The molecule has 220 valence electrons. The van der Waals surface area contributed by atoms with Gasteiger partial charge in [-0.15, -0.1) is 6.58 Å². The van der Waals surface area contributed by atoms with E-state index in [0.29, 0.717) is 29.5 Å². The molecule has 0 radical (unpaired) electrons. The fourth-order valence-electron chi connectivity index (χ4n) is 5.13. The van der Waals surface area contributed by atoms with Crippen molar-refractivity contribution in [2.45, 2.75) is 76.9 Å². The molecule has 0 spiro atoms. The first-order valence-electron chi connectivity index (χ1n) is 14.5. The first kappa shape index (κ1) is 30.6. The van der Waals surface area contributed by atoms with Crippen LogP contribution in [0, 0.1) is 23.3 Å². The lowest BCUT2D eigenvalue weighted by Crippen LogP contribution is -2.22. The van der Waals surface area contributed by atoms with Gasteiger partial charge in [-0.3, -0.25) is 0 Å². The highest BCUT2D eigenvalue weighted by Gasteiger charge is 2.27. The molecule has 1 aliphatic carbocycles. The molecular formula is C34H38F4O3. The number of hydrogen-bond donors (Lipinski definition) is 0. The lowest BCUT2D eigenvalue weighted by molar-refractivity contribution is 0.0230. The van der Waals surface area contributed by atoms with Crippen LogP contribution in [-0.2, 0) is 11.3 Å². The molecule has 0 amide bonds. The summed E-state index contributed by atoms with van der Waals surface area (Å²) >= 11 is 0. The summed E-state index contributed by atoms with van der Waals surface area (Å²) in [5.74, 6) is -4.33. The van der Waals surface area contributed by atoms with E-state index in [1.165, 1.54) is 12.1 Å². The normalized spacial score (nSPS) is 16.9. The van der Waals surface area contributed by atoms with Crippen LogP contribution >= 0.6 is 0 Å². The summed E-state index contributed by atoms with van der Waals surface area (Å²) in [4.78, 5) is 0. The number of unbranched alkanes of at least 4 members (excludes halogenated alkanes) is 2. The van der Waals surface area contributed by atoms with Gasteiger partial charge in [0.1, 0.15) is 6.61 Å². The average molecular weight is 571 g/mol. The number of halogens is 4. The zero-order valence-corrected chi connectivity index (χ0v) is 23.6. The number of benzene rings is 3. The predicted octanol–water partition coefficient (Wildman–Crippen LogP) is 9.68. The van der Waals surface area contributed by atoms with Gasteiger partial charge in [0.2, 0.25) is 11.6 Å². The molecule has 4 rings (SSSR count). The van der Waals surface area contributed by atoms with Crippen molar-refractivity contribution < 1.29 is 31.8 Å². The standard InChI is InChI=1S/C34H38F4O3/c1-3-5-7-21-40-29-18-19-30(34(38)33(29)37)41-22-23-8-10-24(11-9-23)27-16-17-28(32(36)31(27)35)25-12-14-26(15-13-25)39-20-6-4-2/h3,8-11,16-19,25-26H,1,4-7,12-15,20-22H2,2H3. The molecule has 1 aliphatic rings. The second-order valence-corrected chi connectivity index (χ2v) is 10.5. The minimum absolute atomic E-state index is 0.0211. The molecule has 1 fully saturated rings. The van der Waals surface area contributed by atoms with E-state index >= 15 is 8.78 Å². The molecule has 0 aliphatic heterocycles. The van der Waals surface area contributed by atoms with Gasteiger partial charge in [0, 0.05) is 12.2 Å². The van der Waals surface area contributed by atoms with Crippen LogP contribution in [-0.4, -0.2) is 19.3 Å². The van der Waals surface area contributed by atoms with Crippen molar-refractivity contribution in [3.63, 3.8) is 0 Å². The van der Waals surface area contributed by atoms with Gasteiger partial charge in [-0.1, -0.05) is 55.8 Å². The van der Waals surface area contributed by atoms with Crippen molar-refractivity contribution in [1.82, 2.24) is 0 Å². The minimum Gasteiger partial charge on any atom is -0.490 e. The highest BCUT2D eigenvalue weighted by molar-refractivity contribution is 5.65. The first-order chi connectivity index (χ1) is 19.9. The van der Waals surface area contributed by atoms with E-state index < -0.39 is 23.3 Å². The summed E-state index contributed by atoms with van der Waals surface area (Å²) in [5, 5.41) is 0. The van der Waals surface area contributed by atoms with Crippen molar-refractivity contribution in [1.29, 1.82) is 0 Å². The maximum atomic E-state index is 15.2. The Kier molecular flexibility index (Phi) is 11.3. The Morgan fingerprint density at radius 1 is 0.756 bits per heavy atom. The second kappa shape index (κ2) is 15.1. The van der Waals surface area contributed by atoms with E-state index in [2.05, 4.69) is 13.5 Å². The lowest BCUT2D eigenvalue weighted by Gasteiger charge is -2.29. The summed E-state index contributed by atoms with van der Waals surface area (Å²) in [6, 6.07) is 12.7. The molecule has 3 aromatic rings. The number of allylic oxidation sites excluding steroid dienone is 1. The quantitative estimate of drug-likeness (QED) is 0.110. The zero-order chi connectivity index (χ0) is 29.2. The molecule has 3 aromatic carbocycles. The predicted molar refractivity (Wildman–Crippen MR) is 153 cm³/mol. The van der Waals surface area contributed by atoms with Gasteiger partial charge in [0.15, 0.2) is 23.1 Å². The minimum atomic E-state index is -1.13. The van der Waals surface area contributed by atoms with E-state index in [0.717, 1.165) is 45.1 Å². The molecule has 0 aromatic heterocycles. The third kappa shape index (κ3) is 7.91. The fourth-order valence-corrected chi connectivity index (χ4v) is 5.13. The molecule has 7 heteroatoms. The molecule has 3 nitrogen and oxygen atoms in total. The van der Waals surface area contributed by atoms with Gasteiger partial charge in [0.25, 0.3) is 0 Å². The number of hydrogen-bond acceptors (Lipinski definition) is 3. The largest absolute Gasteiger partial charge is 0.490 e. The highest BCUT2D eigenvalue weighted by Crippen LogP contribution is 2.38. The molecule has 41 heavy (non-hydrogen) atoms. The van der Waals surface area contributed by atoms with Gasteiger partial charge in [0.05, 0.1) is 12.7 Å². The van der Waals surface area contributed by atoms with Crippen LogP contribution < -0.4 is 9.47 Å². The Bertz CT molecular complexity index is 1280. The third-order valence-corrected chi connectivity index (χ3v) is 7.56. The monoisotopic (exact) mass is 570 g/mol. The maximum absolute atomic E-state index is 15.2. The van der Waals surface area contributed by atoms with Crippen molar-refractivity contribution in [2.24, 2.45) is 0 Å². The molecular weight excluding hydrogens is 532 g/mol. The number of rotatable bonds is 14. The van der Waals surface area contributed by atoms with Crippen molar-refractivity contribution in [2.75, 3.05) is 13.2 Å². The Hall–Kier alpha value is -3.32. The fraction of sp³-hybridized carbons (Fsp3) is 0.412. The van der Waals surface area contributed by atoms with Crippen LogP contribution in [0.3, 0.4) is 0 Å². The van der Waals surface area contributed by atoms with Crippen LogP contribution in [0.25, 0.3) is 11.1 Å². The topological polar surface area (TPSA) is 27.7 Å². The van der Waals surface area contributed by atoms with Crippen LogP contribution in [0.15, 0.2) is 61.2 Å². The molecule has 0 N–H and O–H groups in total. The summed E-state index contributed by atoms with van der Waals surface area (Å²) in [7, 11) is 0. The van der Waals surface area contributed by atoms with Gasteiger partial charge >= 0.3 is 0 Å². The molecule has 0 unspecified atom stereocenters. The molecule has 0 bridgehead atoms. The van der Waals surface area contributed by atoms with Crippen LogP contribution in [0.2, 0.25) is 0 Å². The Balaban J connectivity index is 1.35. The van der Waals surface area contributed by atoms with E-state index in [-0.39, 0.29) is 42.3 Å². The third-order valence-electron chi connectivity index (χ3n) is 7.56. The summed E-state index contributed by atoms with van der Waals surface area (Å²) in [5.41, 5.74) is 1.77. The van der Waals surface area contributed by atoms with Crippen LogP contribution in [0.1, 0.15) is 75.3 Å². The summed E-state index contributed by atoms with van der Waals surface area (Å²) in [6.07, 6.45) is 8.68. The van der Waals surface area contributed by atoms with Crippen molar-refractivity contribution in [3.8, 4) is 22.6 Å². The first-order valence-corrected chi connectivity index (χ1v) is 14.5. The average Bonchev–Trinajstić information content (AvgIpc) is 2.99. The second-order valence-electron chi connectivity index (χ2n) is 10.5. The zero-order valence-electron chi connectivity index (χ0n) is 23.6. The van der Waals surface area contributed by atoms with Crippen molar-refractivity contribution >= 4 is 0 Å². The Morgan fingerprint density at radius 3 is 2.10 bits per heavy atom. The van der Waals surface area contributed by atoms with Gasteiger partial charge in [-0.2, -0.15) is 8.78 Å². The highest BCUT2D eigenvalue weighted by atomic mass is 19.2.